The van der Waals surface area contributed by atoms with E-state index in [4.69, 9.17) is 4.98 Å². The molecule has 0 saturated heterocycles. The Hall–Kier alpha value is -2.98. The predicted octanol–water partition coefficient (Wildman–Crippen LogP) is 6.61. The van der Waals surface area contributed by atoms with E-state index in [9.17, 15) is 4.79 Å². The van der Waals surface area contributed by atoms with Gasteiger partial charge in [0.15, 0.2) is 5.13 Å². The van der Waals surface area contributed by atoms with E-state index in [1.54, 1.807) is 11.3 Å². The molecule has 4 aromatic rings. The van der Waals surface area contributed by atoms with Gasteiger partial charge in [0.1, 0.15) is 0 Å². The van der Waals surface area contributed by atoms with Crippen molar-refractivity contribution >= 4 is 32.6 Å². The van der Waals surface area contributed by atoms with Crippen molar-refractivity contribution in [3.05, 3.63) is 93.5 Å². The zero-order valence-corrected chi connectivity index (χ0v) is 19.6. The van der Waals surface area contributed by atoms with Crippen LogP contribution in [0.3, 0.4) is 0 Å². The maximum atomic E-state index is 13.6. The molecule has 0 unspecified atom stereocenters. The highest BCUT2D eigenvalue weighted by Crippen LogP contribution is 2.33. The predicted molar refractivity (Wildman–Crippen MR) is 131 cm³/mol. The number of anilines is 1. The monoisotopic (exact) mass is 428 g/mol. The second-order valence-corrected chi connectivity index (χ2v) is 9.38. The van der Waals surface area contributed by atoms with E-state index in [1.165, 1.54) is 27.8 Å². The number of hydrogen-bond acceptors (Lipinski definition) is 3. The molecule has 3 aromatic carbocycles. The Labute approximate surface area is 188 Å². The summed E-state index contributed by atoms with van der Waals surface area (Å²) < 4.78 is 1.12. The van der Waals surface area contributed by atoms with E-state index in [2.05, 4.69) is 71.0 Å². The fourth-order valence-electron chi connectivity index (χ4n) is 4.09. The van der Waals surface area contributed by atoms with E-state index in [0.717, 1.165) is 26.5 Å². The third-order valence-electron chi connectivity index (χ3n) is 5.96. The SMILES string of the molecule is Cc1cc(C)c(CC(=O)N(Cc2ccccc2)c2nc3c(C)c(C)ccc3s2)c(C)c1. The number of nitrogens with zero attached hydrogens (tertiary/aromatic N) is 2. The number of fused-ring (bicyclic) bond motifs is 1. The number of hydrogen-bond donors (Lipinski definition) is 0. The fraction of sp³-hybridized carbons (Fsp3) is 0.259. The number of benzene rings is 3. The molecule has 1 aromatic heterocycles. The molecule has 0 bridgehead atoms. The largest absolute Gasteiger partial charge is 0.283 e. The van der Waals surface area contributed by atoms with Crippen molar-refractivity contribution < 1.29 is 4.79 Å². The molecule has 0 saturated carbocycles. The lowest BCUT2D eigenvalue weighted by molar-refractivity contribution is -0.118. The van der Waals surface area contributed by atoms with E-state index in [0.29, 0.717) is 13.0 Å². The maximum Gasteiger partial charge on any atom is 0.233 e. The van der Waals surface area contributed by atoms with Crippen LogP contribution in [0.2, 0.25) is 0 Å². The average molecular weight is 429 g/mol. The second-order valence-electron chi connectivity index (χ2n) is 8.37. The summed E-state index contributed by atoms with van der Waals surface area (Å²) >= 11 is 1.59. The van der Waals surface area contributed by atoms with Crippen LogP contribution in [0, 0.1) is 34.6 Å². The molecule has 0 N–H and O–H groups in total. The number of thiazole rings is 1. The highest BCUT2D eigenvalue weighted by molar-refractivity contribution is 7.22. The molecule has 0 atom stereocenters. The number of carbonyl (C=O) groups excluding carboxylic acids is 1. The lowest BCUT2D eigenvalue weighted by Gasteiger charge is -2.21. The van der Waals surface area contributed by atoms with Crippen molar-refractivity contribution in [3.63, 3.8) is 0 Å². The number of amides is 1. The quantitative estimate of drug-likeness (QED) is 0.358. The standard InChI is InChI=1S/C27H28N2OS/c1-17-13-19(3)23(20(4)14-17)15-25(30)29(16-22-9-7-6-8-10-22)27-28-26-21(5)18(2)11-12-24(26)31-27/h6-14H,15-16H2,1-5H3. The van der Waals surface area contributed by atoms with E-state index in [1.807, 2.05) is 23.1 Å². The maximum absolute atomic E-state index is 13.6. The van der Waals surface area contributed by atoms with Crippen LogP contribution in [0.15, 0.2) is 54.6 Å². The van der Waals surface area contributed by atoms with E-state index >= 15 is 0 Å². The molecule has 3 nitrogen and oxygen atoms in total. The van der Waals surface area contributed by atoms with Gasteiger partial charge in [0.2, 0.25) is 5.91 Å². The summed E-state index contributed by atoms with van der Waals surface area (Å²) in [6.45, 7) is 11.0. The Morgan fingerprint density at radius 1 is 0.903 bits per heavy atom. The molecule has 1 heterocycles. The third kappa shape index (κ3) is 4.40. The minimum atomic E-state index is 0.0762. The molecular weight excluding hydrogens is 400 g/mol. The van der Waals surface area contributed by atoms with Crippen molar-refractivity contribution in [3.8, 4) is 0 Å². The van der Waals surface area contributed by atoms with Crippen LogP contribution in [0.4, 0.5) is 5.13 Å². The first-order valence-electron chi connectivity index (χ1n) is 10.6. The van der Waals surface area contributed by atoms with Crippen molar-refractivity contribution in [2.45, 2.75) is 47.6 Å². The summed E-state index contributed by atoms with van der Waals surface area (Å²) in [5.74, 6) is 0.0762. The summed E-state index contributed by atoms with van der Waals surface area (Å²) in [7, 11) is 0. The third-order valence-corrected chi connectivity index (χ3v) is 7.00. The zero-order chi connectivity index (χ0) is 22.1. The first-order valence-corrected chi connectivity index (χ1v) is 11.4. The summed E-state index contributed by atoms with van der Waals surface area (Å²) in [4.78, 5) is 20.4. The van der Waals surface area contributed by atoms with Gasteiger partial charge in [0.25, 0.3) is 0 Å². The molecular formula is C27H28N2OS. The fourth-order valence-corrected chi connectivity index (χ4v) is 5.14. The van der Waals surface area contributed by atoms with Crippen molar-refractivity contribution in [2.75, 3.05) is 4.90 Å². The zero-order valence-electron chi connectivity index (χ0n) is 18.8. The molecule has 0 aliphatic rings. The minimum absolute atomic E-state index is 0.0762. The van der Waals surface area contributed by atoms with Crippen molar-refractivity contribution in [1.29, 1.82) is 0 Å². The minimum Gasteiger partial charge on any atom is -0.283 e. The summed E-state index contributed by atoms with van der Waals surface area (Å²) in [6.07, 6.45) is 0.374. The molecule has 0 aliphatic carbocycles. The normalized spacial score (nSPS) is 11.1. The highest BCUT2D eigenvalue weighted by Gasteiger charge is 2.22. The number of aromatic nitrogens is 1. The Morgan fingerprint density at radius 2 is 1.58 bits per heavy atom. The molecule has 0 radical (unpaired) electrons. The molecule has 4 heteroatoms. The molecule has 0 fully saturated rings. The van der Waals surface area contributed by atoms with Crippen LogP contribution < -0.4 is 4.90 Å². The lowest BCUT2D eigenvalue weighted by Crippen LogP contribution is -2.32. The summed E-state index contributed by atoms with van der Waals surface area (Å²) in [5.41, 5.74) is 9.16. The van der Waals surface area contributed by atoms with Gasteiger partial charge in [-0.25, -0.2) is 4.98 Å². The van der Waals surface area contributed by atoms with Gasteiger partial charge in [-0.05, 0) is 74.1 Å². The van der Waals surface area contributed by atoms with Gasteiger partial charge in [-0.2, -0.15) is 0 Å². The summed E-state index contributed by atoms with van der Waals surface area (Å²) in [5, 5.41) is 0.764. The topological polar surface area (TPSA) is 33.2 Å². The Bertz CT molecular complexity index is 1230. The van der Waals surface area contributed by atoms with Crippen LogP contribution in [0.25, 0.3) is 10.2 Å². The first-order chi connectivity index (χ1) is 14.8. The van der Waals surface area contributed by atoms with Gasteiger partial charge < -0.3 is 0 Å². The van der Waals surface area contributed by atoms with E-state index in [-0.39, 0.29) is 5.91 Å². The van der Waals surface area contributed by atoms with Gasteiger partial charge in [-0.3, -0.25) is 9.69 Å². The van der Waals surface area contributed by atoms with Gasteiger partial charge >= 0.3 is 0 Å². The van der Waals surface area contributed by atoms with Crippen LogP contribution in [0.5, 0.6) is 0 Å². The molecule has 158 valence electrons. The number of carbonyl (C=O) groups is 1. The smallest absolute Gasteiger partial charge is 0.233 e. The van der Waals surface area contributed by atoms with Crippen LogP contribution in [-0.4, -0.2) is 10.9 Å². The van der Waals surface area contributed by atoms with Crippen LogP contribution in [-0.2, 0) is 17.8 Å². The Kier molecular flexibility index (Phi) is 5.92. The van der Waals surface area contributed by atoms with Crippen LogP contribution >= 0.6 is 11.3 Å². The van der Waals surface area contributed by atoms with Gasteiger partial charge in [0, 0.05) is 0 Å². The molecule has 31 heavy (non-hydrogen) atoms. The van der Waals surface area contributed by atoms with Crippen molar-refractivity contribution in [1.82, 2.24) is 4.98 Å². The molecule has 1 amide bonds. The first kappa shape index (κ1) is 21.3. The van der Waals surface area contributed by atoms with Crippen molar-refractivity contribution in [2.24, 2.45) is 0 Å². The Balaban J connectivity index is 1.74. The molecule has 4 rings (SSSR count). The number of aryl methyl sites for hydroxylation is 5. The van der Waals surface area contributed by atoms with Gasteiger partial charge in [-0.15, -0.1) is 0 Å². The average Bonchev–Trinajstić information content (AvgIpc) is 3.17. The highest BCUT2D eigenvalue weighted by atomic mass is 32.1. The lowest BCUT2D eigenvalue weighted by atomic mass is 9.97. The second kappa shape index (κ2) is 8.64. The van der Waals surface area contributed by atoms with Gasteiger partial charge in [-0.1, -0.05) is 65.4 Å². The van der Waals surface area contributed by atoms with Gasteiger partial charge in [0.05, 0.1) is 23.2 Å². The Morgan fingerprint density at radius 3 is 2.26 bits per heavy atom. The molecule has 0 aliphatic heterocycles. The molecule has 0 spiro atoms. The van der Waals surface area contributed by atoms with E-state index < -0.39 is 0 Å². The van der Waals surface area contributed by atoms with Crippen LogP contribution in [0.1, 0.15) is 38.9 Å². The number of rotatable bonds is 5. The summed E-state index contributed by atoms with van der Waals surface area (Å²) in [6, 6.07) is 18.7.